The molecule has 0 heteroatoms. The van der Waals surface area contributed by atoms with Crippen LogP contribution in [0.3, 0.4) is 0 Å². The lowest BCUT2D eigenvalue weighted by Crippen LogP contribution is -2.26. The normalized spacial score (nSPS) is 14.7. The summed E-state index contributed by atoms with van der Waals surface area (Å²) >= 11 is 0. The summed E-state index contributed by atoms with van der Waals surface area (Å²) in [5, 5.41) is 0. The van der Waals surface area contributed by atoms with E-state index in [-0.39, 0.29) is 5.41 Å². The van der Waals surface area contributed by atoms with Gasteiger partial charge < -0.3 is 0 Å². The third-order valence-electron chi connectivity index (χ3n) is 4.19. The lowest BCUT2D eigenvalue weighted by atomic mass is 9.69. The van der Waals surface area contributed by atoms with Gasteiger partial charge in [-0.25, -0.2) is 0 Å². The summed E-state index contributed by atoms with van der Waals surface area (Å²) in [5.74, 6) is 0. The van der Waals surface area contributed by atoms with E-state index in [0.29, 0.717) is 0 Å². The molecule has 2 aromatic carbocycles. The van der Waals surface area contributed by atoms with E-state index >= 15 is 0 Å². The highest BCUT2D eigenvalue weighted by atomic mass is 14.3. The molecule has 2 rings (SSSR count). The second-order valence-corrected chi connectivity index (χ2v) is 5.39. The summed E-state index contributed by atoms with van der Waals surface area (Å²) in [6.45, 7) is 10.5. The quantitative estimate of drug-likeness (QED) is 0.644. The van der Waals surface area contributed by atoms with Crippen molar-refractivity contribution in [2.45, 2.75) is 26.2 Å². The molecular formula is C20H22. The largest absolute Gasteiger partial charge is 0.0991 e. The molecule has 0 saturated carbocycles. The third kappa shape index (κ3) is 2.46. The summed E-state index contributed by atoms with van der Waals surface area (Å²) in [6.07, 6.45) is 3.98. The van der Waals surface area contributed by atoms with Crippen molar-refractivity contribution in [1.29, 1.82) is 0 Å². The predicted octanol–water partition coefficient (Wildman–Crippen LogP) is 5.43. The van der Waals surface area contributed by atoms with E-state index in [0.717, 1.165) is 0 Å². The molecule has 0 spiro atoms. The van der Waals surface area contributed by atoms with E-state index in [4.69, 9.17) is 0 Å². The molecule has 0 N–H and O–H groups in total. The number of allylic oxidation sites excluding steroid dienone is 3. The maximum atomic E-state index is 3.85. The van der Waals surface area contributed by atoms with Gasteiger partial charge in [-0.3, -0.25) is 0 Å². The molecule has 0 amide bonds. The Balaban J connectivity index is 2.71. The summed E-state index contributed by atoms with van der Waals surface area (Å²) < 4.78 is 0. The molecule has 0 fully saturated rings. The minimum absolute atomic E-state index is 0.124. The van der Waals surface area contributed by atoms with Gasteiger partial charge in [-0.1, -0.05) is 78.9 Å². The van der Waals surface area contributed by atoms with Crippen LogP contribution in [0, 0.1) is 6.92 Å². The highest BCUT2D eigenvalue weighted by Gasteiger charge is 2.31. The minimum atomic E-state index is -0.124. The Morgan fingerprint density at radius 3 is 2.20 bits per heavy atom. The van der Waals surface area contributed by atoms with Gasteiger partial charge in [-0.15, -0.1) is 0 Å². The first kappa shape index (κ1) is 14.3. The second kappa shape index (κ2) is 5.92. The highest BCUT2D eigenvalue weighted by molar-refractivity contribution is 5.50. The molecule has 0 aliphatic rings. The van der Waals surface area contributed by atoms with Gasteiger partial charge in [-0.05, 0) is 37.5 Å². The van der Waals surface area contributed by atoms with Crippen molar-refractivity contribution < 1.29 is 0 Å². The number of rotatable bonds is 4. The molecular weight excluding hydrogens is 240 g/mol. The number of hydrogen-bond donors (Lipinski definition) is 0. The van der Waals surface area contributed by atoms with Crippen molar-refractivity contribution in [3.63, 3.8) is 0 Å². The zero-order chi connectivity index (χ0) is 14.6. The van der Waals surface area contributed by atoms with Crippen LogP contribution in [0.15, 0.2) is 78.9 Å². The topological polar surface area (TPSA) is 0 Å². The van der Waals surface area contributed by atoms with Gasteiger partial charge in [0.2, 0.25) is 0 Å². The van der Waals surface area contributed by atoms with Gasteiger partial charge in [0.1, 0.15) is 0 Å². The van der Waals surface area contributed by atoms with E-state index in [9.17, 15) is 0 Å². The van der Waals surface area contributed by atoms with Crippen molar-refractivity contribution in [2.24, 2.45) is 0 Å². The van der Waals surface area contributed by atoms with E-state index in [1.807, 2.05) is 6.08 Å². The van der Waals surface area contributed by atoms with Crippen LogP contribution >= 0.6 is 0 Å². The average Bonchev–Trinajstić information content (AvgIpc) is 2.48. The van der Waals surface area contributed by atoms with Crippen LogP contribution in [-0.4, -0.2) is 0 Å². The lowest BCUT2D eigenvalue weighted by molar-refractivity contribution is 0.668. The molecule has 0 saturated heterocycles. The first-order valence-corrected chi connectivity index (χ1v) is 7.02. The summed E-state index contributed by atoms with van der Waals surface area (Å²) in [4.78, 5) is 0. The van der Waals surface area contributed by atoms with Gasteiger partial charge in [0.05, 0.1) is 0 Å². The zero-order valence-electron chi connectivity index (χ0n) is 12.6. The molecule has 0 nitrogen and oxygen atoms in total. The Morgan fingerprint density at radius 2 is 1.60 bits per heavy atom. The van der Waals surface area contributed by atoms with Crippen molar-refractivity contribution in [3.8, 4) is 0 Å². The lowest BCUT2D eigenvalue weighted by Gasteiger charge is -2.33. The molecule has 20 heavy (non-hydrogen) atoms. The Bertz CT molecular complexity index is 619. The van der Waals surface area contributed by atoms with Crippen LogP contribution in [0.4, 0.5) is 0 Å². The average molecular weight is 262 g/mol. The first-order chi connectivity index (χ1) is 9.60. The summed E-state index contributed by atoms with van der Waals surface area (Å²) in [7, 11) is 0. The Hall–Kier alpha value is -2.08. The Morgan fingerprint density at radius 1 is 1.00 bits per heavy atom. The predicted molar refractivity (Wildman–Crippen MR) is 88.0 cm³/mol. The van der Waals surface area contributed by atoms with Crippen molar-refractivity contribution >= 4 is 0 Å². The monoisotopic (exact) mass is 262 g/mol. The first-order valence-electron chi connectivity index (χ1n) is 7.02. The van der Waals surface area contributed by atoms with E-state index in [1.54, 1.807) is 0 Å². The van der Waals surface area contributed by atoms with E-state index in [2.05, 4.69) is 88.0 Å². The fourth-order valence-corrected chi connectivity index (χ4v) is 2.84. The number of aryl methyl sites for hydroxylation is 1. The second-order valence-electron chi connectivity index (χ2n) is 5.39. The molecule has 0 aliphatic carbocycles. The highest BCUT2D eigenvalue weighted by Crippen LogP contribution is 2.40. The van der Waals surface area contributed by atoms with Gasteiger partial charge in [-0.2, -0.15) is 0 Å². The maximum Gasteiger partial charge on any atom is 0.0385 e. The van der Waals surface area contributed by atoms with Crippen LogP contribution in [0.2, 0.25) is 0 Å². The summed E-state index contributed by atoms with van der Waals surface area (Å²) in [6, 6.07) is 19.3. The van der Waals surface area contributed by atoms with Crippen molar-refractivity contribution in [2.75, 3.05) is 0 Å². The fourth-order valence-electron chi connectivity index (χ4n) is 2.84. The number of benzene rings is 2. The standard InChI is InChI=1S/C20H22/c1-5-11-17(3)20(4,18-13-7-6-8-14-18)19-15-10-9-12-16(19)2/h5-15H,1H2,2-4H3/b17-11+. The SMILES string of the molecule is C=C/C=C(\C)C(C)(c1ccccc1)c1ccccc1C. The van der Waals surface area contributed by atoms with E-state index < -0.39 is 0 Å². The van der Waals surface area contributed by atoms with Gasteiger partial charge in [0, 0.05) is 5.41 Å². The molecule has 0 bridgehead atoms. The van der Waals surface area contributed by atoms with Crippen molar-refractivity contribution in [1.82, 2.24) is 0 Å². The fraction of sp³-hybridized carbons (Fsp3) is 0.200. The van der Waals surface area contributed by atoms with Crippen LogP contribution < -0.4 is 0 Å². The van der Waals surface area contributed by atoms with Crippen LogP contribution in [0.25, 0.3) is 0 Å². The van der Waals surface area contributed by atoms with Crippen LogP contribution in [0.1, 0.15) is 30.5 Å². The molecule has 0 aliphatic heterocycles. The van der Waals surface area contributed by atoms with Gasteiger partial charge in [0.15, 0.2) is 0 Å². The van der Waals surface area contributed by atoms with Crippen LogP contribution in [-0.2, 0) is 5.41 Å². The smallest absolute Gasteiger partial charge is 0.0385 e. The molecule has 1 atom stereocenters. The number of hydrogen-bond acceptors (Lipinski definition) is 0. The molecule has 0 radical (unpaired) electrons. The van der Waals surface area contributed by atoms with E-state index in [1.165, 1.54) is 22.3 Å². The van der Waals surface area contributed by atoms with Gasteiger partial charge in [0.25, 0.3) is 0 Å². The van der Waals surface area contributed by atoms with Gasteiger partial charge >= 0.3 is 0 Å². The summed E-state index contributed by atoms with van der Waals surface area (Å²) in [5.41, 5.74) is 5.15. The molecule has 102 valence electrons. The zero-order valence-corrected chi connectivity index (χ0v) is 12.6. The van der Waals surface area contributed by atoms with Crippen molar-refractivity contribution in [3.05, 3.63) is 95.6 Å². The molecule has 1 unspecified atom stereocenters. The Kier molecular flexibility index (Phi) is 4.24. The Labute approximate surface area is 122 Å². The molecule has 2 aromatic rings. The third-order valence-corrected chi connectivity index (χ3v) is 4.19. The van der Waals surface area contributed by atoms with Crippen LogP contribution in [0.5, 0.6) is 0 Å². The molecule has 0 aromatic heterocycles. The maximum absolute atomic E-state index is 3.85. The molecule has 0 heterocycles. The minimum Gasteiger partial charge on any atom is -0.0991 e.